The number of nitrogen functional groups attached to an aromatic ring is 1. The number of aryl methyl sites for hydroxylation is 2. The van der Waals surface area contributed by atoms with E-state index in [1.54, 1.807) is 0 Å². The second-order valence-corrected chi connectivity index (χ2v) is 14.0. The Morgan fingerprint density at radius 2 is 1.82 bits per heavy atom. The van der Waals surface area contributed by atoms with Crippen LogP contribution >= 0.6 is 0 Å². The van der Waals surface area contributed by atoms with Gasteiger partial charge in [0.05, 0.1) is 49.6 Å². The number of anilines is 2. The topological polar surface area (TPSA) is 115 Å². The molecule has 2 unspecified atom stereocenters. The van der Waals surface area contributed by atoms with Gasteiger partial charge in [-0.25, -0.2) is 4.39 Å². The van der Waals surface area contributed by atoms with Crippen molar-refractivity contribution in [2.75, 3.05) is 50.5 Å². The molecule has 8 rings (SSSR count). The van der Waals surface area contributed by atoms with Gasteiger partial charge in [-0.05, 0) is 86.9 Å². The Balaban J connectivity index is 0.000000347. The van der Waals surface area contributed by atoms with Crippen LogP contribution < -0.4 is 15.4 Å². The Labute approximate surface area is 294 Å². The van der Waals surface area contributed by atoms with Gasteiger partial charge in [-0.2, -0.15) is 28.2 Å². The van der Waals surface area contributed by atoms with Crippen LogP contribution in [0.5, 0.6) is 6.01 Å². The van der Waals surface area contributed by atoms with Crippen molar-refractivity contribution < 1.29 is 31.8 Å². The number of nitrogens with zero attached hydrogens (tertiary/aromatic N) is 7. The molecule has 3 fully saturated rings. The highest BCUT2D eigenvalue weighted by molar-refractivity contribution is 5.92. The first-order chi connectivity index (χ1) is 24.5. The maximum absolute atomic E-state index is 14.0. The van der Waals surface area contributed by atoms with Gasteiger partial charge in [0.25, 0.3) is 5.91 Å². The number of carbonyl (C=O) groups excluding carboxylic acids is 1. The molecule has 0 saturated carbocycles. The van der Waals surface area contributed by atoms with Crippen molar-refractivity contribution in [1.82, 2.24) is 29.5 Å². The van der Waals surface area contributed by atoms with Crippen molar-refractivity contribution in [3.63, 3.8) is 0 Å². The van der Waals surface area contributed by atoms with E-state index in [0.717, 1.165) is 62.9 Å². The minimum Gasteiger partial charge on any atom is -0.467 e. The van der Waals surface area contributed by atoms with Crippen LogP contribution in [0.2, 0.25) is 0 Å². The highest BCUT2D eigenvalue weighted by Crippen LogP contribution is 2.43. The minimum atomic E-state index is -4.56. The number of methoxy groups -OCH3 is 1. The summed E-state index contributed by atoms with van der Waals surface area (Å²) in [7, 11) is 1.46. The standard InChI is InChI=1S/C28H32F3N7O3.C8H12FN/c1-16-10-17(32)11-19(24(16)28(29,30)31)23-13-21-20(15-41-23)25(34-27(33-21)40-2)37-8-5-9-38-18(14-37)12-22(35-38)26(39)36-6-3-4-7-36;9-5-7-4-8-2-1-3-10(8)6-7/h10-12,23H,3-9,13-15,32H2,1-2H3;5,8H,1-4,6H2/b;7-5-. The molecule has 11 nitrogen and oxygen atoms in total. The molecule has 0 bridgehead atoms. The number of ether oxygens (including phenoxy) is 2. The van der Waals surface area contributed by atoms with Crippen molar-refractivity contribution in [2.45, 2.75) is 89.9 Å². The van der Waals surface area contributed by atoms with Crippen LogP contribution in [-0.2, 0) is 37.0 Å². The van der Waals surface area contributed by atoms with E-state index in [-0.39, 0.29) is 41.8 Å². The maximum Gasteiger partial charge on any atom is 0.417 e. The summed E-state index contributed by atoms with van der Waals surface area (Å²) in [6, 6.07) is 5.31. The zero-order chi connectivity index (χ0) is 35.9. The molecule has 3 aromatic rings. The predicted octanol–water partition coefficient (Wildman–Crippen LogP) is 5.76. The highest BCUT2D eigenvalue weighted by atomic mass is 19.4. The summed E-state index contributed by atoms with van der Waals surface area (Å²) in [5, 5.41) is 4.60. The fourth-order valence-electron chi connectivity index (χ4n) is 8.14. The van der Waals surface area contributed by atoms with Gasteiger partial charge >= 0.3 is 12.2 Å². The largest absolute Gasteiger partial charge is 0.467 e. The van der Waals surface area contributed by atoms with E-state index < -0.39 is 17.8 Å². The van der Waals surface area contributed by atoms with Crippen molar-refractivity contribution in [3.8, 4) is 6.01 Å². The van der Waals surface area contributed by atoms with Crippen molar-refractivity contribution in [3.05, 3.63) is 69.4 Å². The average Bonchev–Trinajstić information content (AvgIpc) is 3.91. The number of hydrogen-bond acceptors (Lipinski definition) is 9. The number of aromatic nitrogens is 4. The number of hydrogen-bond donors (Lipinski definition) is 1. The lowest BCUT2D eigenvalue weighted by molar-refractivity contribution is -0.140. The Morgan fingerprint density at radius 1 is 1.02 bits per heavy atom. The van der Waals surface area contributed by atoms with Crippen LogP contribution in [0.15, 0.2) is 30.1 Å². The number of fused-ring (bicyclic) bond motifs is 3. The first kappa shape index (κ1) is 35.2. The highest BCUT2D eigenvalue weighted by Gasteiger charge is 2.39. The molecule has 5 aliphatic heterocycles. The van der Waals surface area contributed by atoms with E-state index in [4.69, 9.17) is 15.2 Å². The molecule has 51 heavy (non-hydrogen) atoms. The van der Waals surface area contributed by atoms with Crippen LogP contribution in [0.25, 0.3) is 0 Å². The van der Waals surface area contributed by atoms with Crippen LogP contribution in [0.1, 0.15) is 88.8 Å². The number of amides is 1. The van der Waals surface area contributed by atoms with E-state index in [2.05, 4.69) is 24.9 Å². The number of alkyl halides is 3. The van der Waals surface area contributed by atoms with E-state index >= 15 is 0 Å². The SMILES string of the molecule is COc1nc2c(c(N3CCCn4nc(C(=O)N5CCCC5)cc4C3)n1)COC(c1cc(N)cc(C)c1C(F)(F)F)C2.F/C=C1/CC2CCCN2C1. The molecule has 15 heteroatoms. The first-order valence-corrected chi connectivity index (χ1v) is 17.7. The summed E-state index contributed by atoms with van der Waals surface area (Å²) >= 11 is 0. The smallest absolute Gasteiger partial charge is 0.417 e. The Morgan fingerprint density at radius 3 is 2.55 bits per heavy atom. The van der Waals surface area contributed by atoms with Gasteiger partial charge in [0, 0.05) is 56.4 Å². The monoisotopic (exact) mass is 712 g/mol. The Hall–Kier alpha value is -4.24. The van der Waals surface area contributed by atoms with Crippen molar-refractivity contribution in [1.29, 1.82) is 0 Å². The molecule has 1 aromatic carbocycles. The summed E-state index contributed by atoms with van der Waals surface area (Å²) in [6.45, 7) is 6.75. The van der Waals surface area contributed by atoms with Crippen LogP contribution in [0.4, 0.5) is 29.1 Å². The summed E-state index contributed by atoms with van der Waals surface area (Å²) in [5.74, 6) is 0.553. The Kier molecular flexibility index (Phi) is 9.94. The van der Waals surface area contributed by atoms with Crippen molar-refractivity contribution >= 4 is 17.4 Å². The van der Waals surface area contributed by atoms with Gasteiger partial charge in [-0.3, -0.25) is 14.4 Å². The number of nitrogens with two attached hydrogens (primary N) is 1. The van der Waals surface area contributed by atoms with E-state index in [9.17, 15) is 22.4 Å². The zero-order valence-corrected chi connectivity index (χ0v) is 29.0. The van der Waals surface area contributed by atoms with Gasteiger partial charge in [-0.15, -0.1) is 0 Å². The third kappa shape index (κ3) is 7.27. The third-order valence-corrected chi connectivity index (χ3v) is 10.5. The molecule has 2 aromatic heterocycles. The van der Waals surface area contributed by atoms with Crippen LogP contribution in [0.3, 0.4) is 0 Å². The molecule has 5 aliphatic rings. The molecule has 0 radical (unpaired) electrons. The lowest BCUT2D eigenvalue weighted by Gasteiger charge is -2.31. The number of benzene rings is 1. The second kappa shape index (κ2) is 14.4. The summed E-state index contributed by atoms with van der Waals surface area (Å²) in [4.78, 5) is 28.4. The lowest BCUT2D eigenvalue weighted by atomic mass is 9.92. The minimum absolute atomic E-state index is 0.00588. The van der Waals surface area contributed by atoms with Crippen LogP contribution in [-0.4, -0.2) is 81.3 Å². The van der Waals surface area contributed by atoms with Gasteiger partial charge in [0.1, 0.15) is 5.82 Å². The average molecular weight is 713 g/mol. The predicted molar refractivity (Wildman–Crippen MR) is 182 cm³/mol. The van der Waals surface area contributed by atoms with E-state index in [1.807, 2.05) is 15.6 Å². The van der Waals surface area contributed by atoms with Gasteiger partial charge in [-0.1, -0.05) is 0 Å². The van der Waals surface area contributed by atoms with Crippen molar-refractivity contribution in [2.24, 2.45) is 0 Å². The van der Waals surface area contributed by atoms with Gasteiger partial charge in [0.2, 0.25) is 0 Å². The summed E-state index contributed by atoms with van der Waals surface area (Å²) in [6.07, 6.45) is 1.78. The molecule has 3 saturated heterocycles. The quantitative estimate of drug-likeness (QED) is 0.267. The number of rotatable bonds is 4. The zero-order valence-electron chi connectivity index (χ0n) is 29.0. The number of likely N-dealkylation sites (tertiary alicyclic amines) is 1. The number of carbonyl (C=O) groups is 1. The fraction of sp³-hybridized carbons (Fsp3) is 0.556. The number of halogens is 4. The fourth-order valence-corrected chi connectivity index (χ4v) is 8.14. The molecule has 7 heterocycles. The molecule has 2 atom stereocenters. The van der Waals surface area contributed by atoms with Crippen LogP contribution in [0, 0.1) is 6.92 Å². The van der Waals surface area contributed by atoms with E-state index in [1.165, 1.54) is 45.6 Å². The van der Waals surface area contributed by atoms with Gasteiger partial charge < -0.3 is 25.0 Å². The molecule has 274 valence electrons. The molecule has 0 spiro atoms. The normalized spacial score (nSPS) is 22.7. The maximum atomic E-state index is 14.0. The molecule has 2 N–H and O–H groups in total. The Bertz CT molecular complexity index is 1790. The third-order valence-electron chi connectivity index (χ3n) is 10.5. The first-order valence-electron chi connectivity index (χ1n) is 17.7. The molecular weight excluding hydrogens is 668 g/mol. The second-order valence-electron chi connectivity index (χ2n) is 14.0. The van der Waals surface area contributed by atoms with Gasteiger partial charge in [0.15, 0.2) is 5.69 Å². The lowest BCUT2D eigenvalue weighted by Crippen LogP contribution is -2.29. The molecule has 1 amide bonds. The summed E-state index contributed by atoms with van der Waals surface area (Å²) < 4.78 is 67.5. The molecule has 0 aliphatic carbocycles. The van der Waals surface area contributed by atoms with E-state index in [0.29, 0.717) is 48.4 Å². The molecular formula is C36H44F4N8O3. The summed E-state index contributed by atoms with van der Waals surface area (Å²) in [5.41, 5.74) is 9.08.